The lowest BCUT2D eigenvalue weighted by atomic mass is 10.2. The van der Waals surface area contributed by atoms with Crippen LogP contribution in [0.25, 0.3) is 0 Å². The van der Waals surface area contributed by atoms with E-state index in [1.807, 2.05) is 32.9 Å². The first kappa shape index (κ1) is 12.6. The van der Waals surface area contributed by atoms with Crippen LogP contribution in [0.4, 0.5) is 5.69 Å². The van der Waals surface area contributed by atoms with Crippen molar-refractivity contribution in [2.45, 2.75) is 32.8 Å². The predicted octanol–water partition coefficient (Wildman–Crippen LogP) is 2.17. The second kappa shape index (κ2) is 4.44. The van der Waals surface area contributed by atoms with Crippen LogP contribution >= 0.6 is 0 Å². The third-order valence-electron chi connectivity index (χ3n) is 2.56. The Balaban J connectivity index is 2.13. The van der Waals surface area contributed by atoms with Gasteiger partial charge in [0.1, 0.15) is 11.4 Å². The van der Waals surface area contributed by atoms with Crippen LogP contribution in [0.5, 0.6) is 5.75 Å². The van der Waals surface area contributed by atoms with E-state index in [2.05, 4.69) is 0 Å². The summed E-state index contributed by atoms with van der Waals surface area (Å²) >= 11 is 0. The van der Waals surface area contributed by atoms with Gasteiger partial charge in [0, 0.05) is 5.69 Å². The fraction of sp³-hybridized carbons (Fsp3) is 0.429. The van der Waals surface area contributed by atoms with Gasteiger partial charge in [-0.3, -0.25) is 9.59 Å². The fourth-order valence-electron chi connectivity index (χ4n) is 1.87. The molecule has 1 aromatic rings. The van der Waals surface area contributed by atoms with Crippen molar-refractivity contribution < 1.29 is 14.3 Å². The lowest BCUT2D eigenvalue weighted by Crippen LogP contribution is -2.25. The predicted molar refractivity (Wildman–Crippen MR) is 68.8 cm³/mol. The first-order valence-corrected chi connectivity index (χ1v) is 5.96. The molecule has 4 nitrogen and oxygen atoms in total. The maximum Gasteiger partial charge on any atom is 0.234 e. The summed E-state index contributed by atoms with van der Waals surface area (Å²) in [5.74, 6) is 0.587. The van der Waals surface area contributed by atoms with E-state index in [-0.39, 0.29) is 30.3 Å². The van der Waals surface area contributed by atoms with Crippen LogP contribution in [0.3, 0.4) is 0 Å². The van der Waals surface area contributed by atoms with E-state index in [0.29, 0.717) is 0 Å². The molecule has 0 radical (unpaired) electrons. The molecular formula is C14H17NO3. The van der Waals surface area contributed by atoms with Crippen LogP contribution in [0.1, 0.15) is 27.2 Å². The zero-order chi connectivity index (χ0) is 13.3. The number of hydrogen-bond donors (Lipinski definition) is 0. The third-order valence-corrected chi connectivity index (χ3v) is 2.56. The van der Waals surface area contributed by atoms with Gasteiger partial charge in [0.15, 0.2) is 5.78 Å². The minimum Gasteiger partial charge on any atom is -0.488 e. The molecule has 1 aromatic carbocycles. The Hall–Kier alpha value is -1.84. The number of benzene rings is 1. The van der Waals surface area contributed by atoms with Gasteiger partial charge in [0.25, 0.3) is 0 Å². The molecule has 18 heavy (non-hydrogen) atoms. The number of Topliss-reactive ketones (excluding diaryl/α,β-unsaturated/α-hetero) is 1. The van der Waals surface area contributed by atoms with Gasteiger partial charge in [-0.2, -0.15) is 0 Å². The molecule has 0 N–H and O–H groups in total. The second-order valence-electron chi connectivity index (χ2n) is 5.40. The molecule has 1 fully saturated rings. The zero-order valence-corrected chi connectivity index (χ0v) is 10.9. The van der Waals surface area contributed by atoms with E-state index in [1.54, 1.807) is 12.1 Å². The Kier molecular flexibility index (Phi) is 3.11. The highest BCUT2D eigenvalue weighted by molar-refractivity contribution is 6.15. The van der Waals surface area contributed by atoms with Gasteiger partial charge < -0.3 is 9.64 Å². The average molecular weight is 247 g/mol. The Morgan fingerprint density at radius 3 is 2.17 bits per heavy atom. The molecule has 1 amide bonds. The first-order valence-electron chi connectivity index (χ1n) is 5.96. The van der Waals surface area contributed by atoms with Crippen LogP contribution in [0, 0.1) is 0 Å². The summed E-state index contributed by atoms with van der Waals surface area (Å²) in [6.45, 7) is 6.11. The van der Waals surface area contributed by atoms with Crippen molar-refractivity contribution in [3.63, 3.8) is 0 Å². The van der Waals surface area contributed by atoms with Crippen molar-refractivity contribution >= 4 is 17.4 Å². The van der Waals surface area contributed by atoms with Gasteiger partial charge in [-0.15, -0.1) is 0 Å². The molecule has 1 saturated heterocycles. The van der Waals surface area contributed by atoms with Crippen LogP contribution < -0.4 is 9.64 Å². The summed E-state index contributed by atoms with van der Waals surface area (Å²) in [6.07, 6.45) is 0.0141. The second-order valence-corrected chi connectivity index (χ2v) is 5.40. The summed E-state index contributed by atoms with van der Waals surface area (Å²) in [4.78, 5) is 24.3. The quantitative estimate of drug-likeness (QED) is 0.752. The molecule has 0 unspecified atom stereocenters. The number of carbonyl (C=O) groups excluding carboxylic acids is 2. The number of ketones is 1. The summed E-state index contributed by atoms with van der Waals surface area (Å²) in [7, 11) is 0. The molecule has 0 bridgehead atoms. The SMILES string of the molecule is CC(C)(C)Oc1ccc(N2CC(=O)CC2=O)cc1. The number of amides is 1. The Morgan fingerprint density at radius 1 is 1.11 bits per heavy atom. The summed E-state index contributed by atoms with van der Waals surface area (Å²) in [5, 5.41) is 0. The molecule has 0 spiro atoms. The minimum atomic E-state index is -0.249. The van der Waals surface area contributed by atoms with Gasteiger partial charge in [-0.25, -0.2) is 0 Å². The Labute approximate surface area is 107 Å². The van der Waals surface area contributed by atoms with E-state index in [0.717, 1.165) is 11.4 Å². The molecule has 96 valence electrons. The van der Waals surface area contributed by atoms with Crippen molar-refractivity contribution in [1.29, 1.82) is 0 Å². The standard InChI is InChI=1S/C14H17NO3/c1-14(2,3)18-12-6-4-10(5-7-12)15-9-11(16)8-13(15)17/h4-7H,8-9H2,1-3H3. The van der Waals surface area contributed by atoms with Gasteiger partial charge in [-0.1, -0.05) is 0 Å². The maximum absolute atomic E-state index is 11.6. The highest BCUT2D eigenvalue weighted by atomic mass is 16.5. The van der Waals surface area contributed by atoms with Gasteiger partial charge in [0.2, 0.25) is 5.91 Å². The molecule has 0 atom stereocenters. The highest BCUT2D eigenvalue weighted by Crippen LogP contribution is 2.24. The van der Waals surface area contributed by atoms with E-state index < -0.39 is 0 Å². The monoisotopic (exact) mass is 247 g/mol. The Morgan fingerprint density at radius 2 is 1.72 bits per heavy atom. The van der Waals surface area contributed by atoms with Crippen LogP contribution in [0.2, 0.25) is 0 Å². The maximum atomic E-state index is 11.6. The van der Waals surface area contributed by atoms with Crippen molar-refractivity contribution in [3.05, 3.63) is 24.3 Å². The smallest absolute Gasteiger partial charge is 0.234 e. The van der Waals surface area contributed by atoms with Gasteiger partial charge in [0.05, 0.1) is 13.0 Å². The number of ether oxygens (including phenoxy) is 1. The van der Waals surface area contributed by atoms with Crippen LogP contribution in [0.15, 0.2) is 24.3 Å². The lowest BCUT2D eigenvalue weighted by molar-refractivity contribution is -0.121. The number of anilines is 1. The number of carbonyl (C=O) groups is 2. The van der Waals surface area contributed by atoms with Crippen LogP contribution in [-0.2, 0) is 9.59 Å². The normalized spacial score (nSPS) is 16.3. The van der Waals surface area contributed by atoms with Crippen LogP contribution in [-0.4, -0.2) is 23.8 Å². The average Bonchev–Trinajstić information content (AvgIpc) is 2.57. The topological polar surface area (TPSA) is 46.6 Å². The van der Waals surface area contributed by atoms with Crippen molar-refractivity contribution in [1.82, 2.24) is 0 Å². The molecule has 0 aliphatic carbocycles. The fourth-order valence-corrected chi connectivity index (χ4v) is 1.87. The van der Waals surface area contributed by atoms with E-state index in [9.17, 15) is 9.59 Å². The molecule has 1 aliphatic rings. The lowest BCUT2D eigenvalue weighted by Gasteiger charge is -2.22. The van der Waals surface area contributed by atoms with Gasteiger partial charge >= 0.3 is 0 Å². The zero-order valence-electron chi connectivity index (χ0n) is 10.9. The third kappa shape index (κ3) is 2.88. The molecule has 0 saturated carbocycles. The van der Waals surface area contributed by atoms with E-state index in [1.165, 1.54) is 4.90 Å². The Bertz CT molecular complexity index is 471. The highest BCUT2D eigenvalue weighted by Gasteiger charge is 2.28. The van der Waals surface area contributed by atoms with Crippen molar-refractivity contribution in [3.8, 4) is 5.75 Å². The largest absolute Gasteiger partial charge is 0.488 e. The summed E-state index contributed by atoms with van der Waals surface area (Å²) in [5.41, 5.74) is 0.494. The molecule has 1 aliphatic heterocycles. The van der Waals surface area contributed by atoms with Crippen molar-refractivity contribution in [2.75, 3.05) is 11.4 Å². The number of hydrogen-bond acceptors (Lipinski definition) is 3. The summed E-state index contributed by atoms with van der Waals surface area (Å²) < 4.78 is 5.70. The minimum absolute atomic E-state index is 0.0141. The number of rotatable bonds is 2. The molecular weight excluding hydrogens is 230 g/mol. The summed E-state index contributed by atoms with van der Waals surface area (Å²) in [6, 6.07) is 7.24. The first-order chi connectivity index (χ1) is 8.35. The van der Waals surface area contributed by atoms with E-state index >= 15 is 0 Å². The van der Waals surface area contributed by atoms with Crippen molar-refractivity contribution in [2.24, 2.45) is 0 Å². The molecule has 1 heterocycles. The van der Waals surface area contributed by atoms with E-state index in [4.69, 9.17) is 4.74 Å². The van der Waals surface area contributed by atoms with Gasteiger partial charge in [-0.05, 0) is 45.0 Å². The molecule has 4 heteroatoms. The molecule has 0 aromatic heterocycles. The number of nitrogens with zero attached hydrogens (tertiary/aromatic N) is 1. The molecule has 2 rings (SSSR count).